The lowest BCUT2D eigenvalue weighted by Gasteiger charge is -2.18. The SMILES string of the molecule is O=C(N[C@H](Cc1ccc(OS(=O)(=O)C(F)(F)F)cc1)C(=O)OCc1ccccc1)OCc1ccccc1. The van der Waals surface area contributed by atoms with E-state index < -0.39 is 39.5 Å². The van der Waals surface area contributed by atoms with Crippen LogP contribution in [0.5, 0.6) is 5.75 Å². The monoisotopic (exact) mass is 537 g/mol. The van der Waals surface area contributed by atoms with Crippen LogP contribution in [-0.4, -0.2) is 32.0 Å². The van der Waals surface area contributed by atoms with Gasteiger partial charge in [0.15, 0.2) is 0 Å². The summed E-state index contributed by atoms with van der Waals surface area (Å²) >= 11 is 0. The summed E-state index contributed by atoms with van der Waals surface area (Å²) in [6, 6.07) is 21.0. The number of esters is 1. The average Bonchev–Trinajstić information content (AvgIpc) is 2.87. The highest BCUT2D eigenvalue weighted by molar-refractivity contribution is 7.88. The van der Waals surface area contributed by atoms with Crippen molar-refractivity contribution in [2.24, 2.45) is 0 Å². The first-order valence-electron chi connectivity index (χ1n) is 10.8. The normalized spacial score (nSPS) is 12.3. The number of carbonyl (C=O) groups is 2. The van der Waals surface area contributed by atoms with Crippen LogP contribution in [0.15, 0.2) is 84.9 Å². The number of hydrogen-bond acceptors (Lipinski definition) is 7. The summed E-state index contributed by atoms with van der Waals surface area (Å²) in [5, 5.41) is 2.43. The summed E-state index contributed by atoms with van der Waals surface area (Å²) in [7, 11) is -5.83. The fraction of sp³-hybridized carbons (Fsp3) is 0.200. The van der Waals surface area contributed by atoms with Crippen molar-refractivity contribution < 1.29 is 44.8 Å². The second kappa shape index (κ2) is 12.3. The van der Waals surface area contributed by atoms with Gasteiger partial charge in [0, 0.05) is 6.42 Å². The van der Waals surface area contributed by atoms with Gasteiger partial charge in [0.2, 0.25) is 0 Å². The number of alkyl halides is 3. The van der Waals surface area contributed by atoms with E-state index in [4.69, 9.17) is 9.47 Å². The highest BCUT2D eigenvalue weighted by Crippen LogP contribution is 2.27. The number of hydrogen-bond donors (Lipinski definition) is 1. The van der Waals surface area contributed by atoms with Gasteiger partial charge in [0.05, 0.1) is 0 Å². The Morgan fingerprint density at radius 2 is 1.27 bits per heavy atom. The van der Waals surface area contributed by atoms with Crippen molar-refractivity contribution in [2.45, 2.75) is 31.2 Å². The standard InChI is InChI=1S/C25H22F3NO7S/c26-25(27,28)37(32,33)36-21-13-11-18(12-14-21)15-22(23(30)34-16-19-7-3-1-4-8-19)29-24(31)35-17-20-9-5-2-6-10-20/h1-14,22H,15-17H2,(H,29,31)/t22-/m1/s1. The number of benzene rings is 3. The summed E-state index contributed by atoms with van der Waals surface area (Å²) in [4.78, 5) is 25.1. The van der Waals surface area contributed by atoms with Crippen LogP contribution < -0.4 is 9.50 Å². The maximum atomic E-state index is 12.8. The van der Waals surface area contributed by atoms with E-state index in [2.05, 4.69) is 9.50 Å². The molecular formula is C25H22F3NO7S. The summed E-state index contributed by atoms with van der Waals surface area (Å²) in [6.45, 7) is -0.100. The Morgan fingerprint density at radius 3 is 1.78 bits per heavy atom. The number of alkyl carbamates (subject to hydrolysis) is 1. The van der Waals surface area contributed by atoms with Gasteiger partial charge in [0.1, 0.15) is 25.0 Å². The molecule has 1 atom stereocenters. The molecule has 0 bridgehead atoms. The minimum atomic E-state index is -5.83. The van der Waals surface area contributed by atoms with E-state index in [-0.39, 0.29) is 19.6 Å². The van der Waals surface area contributed by atoms with Gasteiger partial charge in [0.25, 0.3) is 0 Å². The molecule has 0 fully saturated rings. The van der Waals surface area contributed by atoms with Gasteiger partial charge in [-0.1, -0.05) is 72.8 Å². The Labute approximate surface area is 211 Å². The van der Waals surface area contributed by atoms with Gasteiger partial charge >= 0.3 is 27.7 Å². The minimum absolute atomic E-state index is 0.0435. The molecule has 0 aliphatic carbocycles. The molecule has 196 valence electrons. The first-order chi connectivity index (χ1) is 17.5. The van der Waals surface area contributed by atoms with E-state index in [0.29, 0.717) is 11.1 Å². The zero-order chi connectivity index (χ0) is 26.9. The average molecular weight is 538 g/mol. The Kier molecular flexibility index (Phi) is 9.12. The van der Waals surface area contributed by atoms with Gasteiger partial charge < -0.3 is 19.0 Å². The van der Waals surface area contributed by atoms with Crippen LogP contribution in [0, 0.1) is 0 Å². The summed E-state index contributed by atoms with van der Waals surface area (Å²) in [5.74, 6) is -1.35. The number of carbonyl (C=O) groups excluding carboxylic acids is 2. The van der Waals surface area contributed by atoms with Gasteiger partial charge in [-0.2, -0.15) is 21.6 Å². The predicted octanol–water partition coefficient (Wildman–Crippen LogP) is 4.50. The molecule has 0 saturated carbocycles. The number of rotatable bonds is 10. The molecule has 0 unspecified atom stereocenters. The largest absolute Gasteiger partial charge is 0.534 e. The maximum absolute atomic E-state index is 12.8. The van der Waals surface area contributed by atoms with E-state index in [1.165, 1.54) is 12.1 Å². The molecule has 0 aliphatic rings. The lowest BCUT2D eigenvalue weighted by atomic mass is 10.1. The molecule has 1 N–H and O–H groups in total. The highest BCUT2D eigenvalue weighted by Gasteiger charge is 2.48. The predicted molar refractivity (Wildman–Crippen MR) is 126 cm³/mol. The lowest BCUT2D eigenvalue weighted by molar-refractivity contribution is -0.147. The number of halogens is 3. The van der Waals surface area contributed by atoms with Crippen LogP contribution in [0.2, 0.25) is 0 Å². The zero-order valence-electron chi connectivity index (χ0n) is 19.2. The third-order valence-electron chi connectivity index (χ3n) is 4.87. The smallest absolute Gasteiger partial charge is 0.459 e. The van der Waals surface area contributed by atoms with Crippen molar-refractivity contribution in [3.8, 4) is 5.75 Å². The van der Waals surface area contributed by atoms with Gasteiger partial charge in [-0.3, -0.25) is 0 Å². The number of amides is 1. The van der Waals surface area contributed by atoms with Gasteiger partial charge in [-0.05, 0) is 28.8 Å². The first-order valence-corrected chi connectivity index (χ1v) is 12.2. The maximum Gasteiger partial charge on any atom is 0.534 e. The molecule has 12 heteroatoms. The second-order valence-corrected chi connectivity index (χ2v) is 9.22. The molecule has 0 heterocycles. The van der Waals surface area contributed by atoms with Gasteiger partial charge in [-0.15, -0.1) is 0 Å². The fourth-order valence-electron chi connectivity index (χ4n) is 3.02. The van der Waals surface area contributed by atoms with Crippen molar-refractivity contribution >= 4 is 22.2 Å². The quantitative estimate of drug-likeness (QED) is 0.231. The Hall–Kier alpha value is -4.06. The van der Waals surface area contributed by atoms with Crippen LogP contribution in [-0.2, 0) is 44.0 Å². The van der Waals surface area contributed by atoms with Crippen LogP contribution in [0.4, 0.5) is 18.0 Å². The molecule has 8 nitrogen and oxygen atoms in total. The van der Waals surface area contributed by atoms with Gasteiger partial charge in [-0.25, -0.2) is 9.59 Å². The molecule has 0 aliphatic heterocycles. The zero-order valence-corrected chi connectivity index (χ0v) is 20.0. The molecule has 3 aromatic carbocycles. The van der Waals surface area contributed by atoms with Crippen molar-refractivity contribution in [3.63, 3.8) is 0 Å². The van der Waals surface area contributed by atoms with Crippen LogP contribution in [0.1, 0.15) is 16.7 Å². The Bertz CT molecular complexity index is 1280. The molecule has 37 heavy (non-hydrogen) atoms. The third-order valence-corrected chi connectivity index (χ3v) is 5.84. The van der Waals surface area contributed by atoms with Crippen LogP contribution in [0.3, 0.4) is 0 Å². The molecule has 0 radical (unpaired) electrons. The fourth-order valence-corrected chi connectivity index (χ4v) is 3.48. The van der Waals surface area contributed by atoms with Crippen LogP contribution in [0.25, 0.3) is 0 Å². The van der Waals surface area contributed by atoms with Crippen molar-refractivity contribution in [2.75, 3.05) is 0 Å². The van der Waals surface area contributed by atoms with Crippen LogP contribution >= 0.6 is 0 Å². The third kappa shape index (κ3) is 8.53. The summed E-state index contributed by atoms with van der Waals surface area (Å²) < 4.78 is 74.5. The topological polar surface area (TPSA) is 108 Å². The van der Waals surface area contributed by atoms with Crippen molar-refractivity contribution in [1.29, 1.82) is 0 Å². The first kappa shape index (κ1) is 27.5. The lowest BCUT2D eigenvalue weighted by Crippen LogP contribution is -2.43. The Balaban J connectivity index is 1.68. The van der Waals surface area contributed by atoms with E-state index >= 15 is 0 Å². The summed E-state index contributed by atoms with van der Waals surface area (Å²) in [5.41, 5.74) is -3.76. The van der Waals surface area contributed by atoms with E-state index in [1.807, 2.05) is 0 Å². The molecular weight excluding hydrogens is 515 g/mol. The molecule has 0 saturated heterocycles. The summed E-state index contributed by atoms with van der Waals surface area (Å²) in [6.07, 6.45) is -1.01. The Morgan fingerprint density at radius 1 is 0.757 bits per heavy atom. The molecule has 3 aromatic rings. The minimum Gasteiger partial charge on any atom is -0.459 e. The second-order valence-electron chi connectivity index (χ2n) is 7.68. The number of ether oxygens (including phenoxy) is 2. The molecule has 0 aromatic heterocycles. The number of nitrogens with one attached hydrogen (secondary N) is 1. The highest BCUT2D eigenvalue weighted by atomic mass is 32.2. The molecule has 0 spiro atoms. The van der Waals surface area contributed by atoms with E-state index in [0.717, 1.165) is 17.7 Å². The van der Waals surface area contributed by atoms with E-state index in [1.54, 1.807) is 60.7 Å². The van der Waals surface area contributed by atoms with Crippen molar-refractivity contribution in [3.05, 3.63) is 102 Å². The van der Waals surface area contributed by atoms with Crippen molar-refractivity contribution in [1.82, 2.24) is 5.32 Å². The van der Waals surface area contributed by atoms with E-state index in [9.17, 15) is 31.2 Å². The molecule has 1 amide bonds. The molecule has 3 rings (SSSR count).